The number of hydrogen-bond acceptors (Lipinski definition) is 1. The van der Waals surface area contributed by atoms with E-state index in [1.165, 1.54) is 23.3 Å². The van der Waals surface area contributed by atoms with Gasteiger partial charge in [0.05, 0.1) is 6.61 Å². The van der Waals surface area contributed by atoms with E-state index in [2.05, 4.69) is 19.1 Å². The van der Waals surface area contributed by atoms with Crippen molar-refractivity contribution in [3.8, 4) is 16.9 Å². The molecule has 0 bridgehead atoms. The maximum atomic E-state index is 12.9. The third-order valence-corrected chi connectivity index (χ3v) is 3.08. The van der Waals surface area contributed by atoms with Crippen LogP contribution >= 0.6 is 0 Å². The van der Waals surface area contributed by atoms with Crippen molar-refractivity contribution in [2.24, 2.45) is 0 Å². The molecule has 1 nitrogen and oxygen atoms in total. The Bertz CT molecular complexity index is 558. The minimum Gasteiger partial charge on any atom is -0.492 e. The summed E-state index contributed by atoms with van der Waals surface area (Å²) in [5, 5.41) is 0. The summed E-state index contributed by atoms with van der Waals surface area (Å²) in [4.78, 5) is 0. The van der Waals surface area contributed by atoms with Crippen molar-refractivity contribution in [2.45, 2.75) is 13.3 Å². The number of ether oxygens (including phenoxy) is 1. The van der Waals surface area contributed by atoms with Gasteiger partial charge in [-0.2, -0.15) is 0 Å². The fraction of sp³-hybridized carbons (Fsp3) is 0.200. The molecule has 0 fully saturated rings. The smallest absolute Gasteiger partial charge is 0.130 e. The van der Waals surface area contributed by atoms with Crippen LogP contribution in [-0.4, -0.2) is 6.61 Å². The molecule has 0 atom stereocenters. The number of rotatable bonds is 1. The standard InChI is InChI=1S/C15H13FO/c1-10-8-12-6-7-17-15(12)14(9-10)11-2-4-13(16)5-3-11/h2-5,8-9H,6-7H2,1H3. The molecule has 0 N–H and O–H groups in total. The Morgan fingerprint density at radius 1 is 1.12 bits per heavy atom. The third-order valence-electron chi connectivity index (χ3n) is 3.08. The minimum atomic E-state index is -0.209. The second kappa shape index (κ2) is 3.88. The lowest BCUT2D eigenvalue weighted by Crippen LogP contribution is -1.89. The summed E-state index contributed by atoms with van der Waals surface area (Å²) in [6.45, 7) is 2.82. The van der Waals surface area contributed by atoms with Crippen LogP contribution in [0.15, 0.2) is 36.4 Å². The van der Waals surface area contributed by atoms with E-state index in [9.17, 15) is 4.39 Å². The third kappa shape index (κ3) is 1.80. The molecule has 1 heterocycles. The van der Waals surface area contributed by atoms with E-state index >= 15 is 0 Å². The van der Waals surface area contributed by atoms with Crippen molar-refractivity contribution in [1.82, 2.24) is 0 Å². The molecule has 2 heteroatoms. The predicted octanol–water partition coefficient (Wildman–Crippen LogP) is 3.74. The molecule has 0 saturated heterocycles. The van der Waals surface area contributed by atoms with E-state index in [4.69, 9.17) is 4.74 Å². The number of benzene rings is 2. The molecule has 1 aliphatic rings. The van der Waals surface area contributed by atoms with Gasteiger partial charge in [0.2, 0.25) is 0 Å². The Labute approximate surface area is 99.9 Å². The molecule has 0 radical (unpaired) electrons. The van der Waals surface area contributed by atoms with Gasteiger partial charge in [-0.15, -0.1) is 0 Å². The zero-order valence-corrected chi connectivity index (χ0v) is 9.66. The summed E-state index contributed by atoms with van der Waals surface area (Å²) in [7, 11) is 0. The van der Waals surface area contributed by atoms with Crippen molar-refractivity contribution in [1.29, 1.82) is 0 Å². The molecule has 0 aliphatic carbocycles. The maximum absolute atomic E-state index is 12.9. The van der Waals surface area contributed by atoms with Gasteiger partial charge in [0.1, 0.15) is 11.6 Å². The van der Waals surface area contributed by atoms with E-state index in [-0.39, 0.29) is 5.82 Å². The van der Waals surface area contributed by atoms with Crippen LogP contribution in [0.2, 0.25) is 0 Å². The second-order valence-electron chi connectivity index (χ2n) is 4.41. The maximum Gasteiger partial charge on any atom is 0.130 e. The molecule has 2 aromatic rings. The van der Waals surface area contributed by atoms with E-state index in [1.807, 2.05) is 0 Å². The molecule has 1 aliphatic heterocycles. The fourth-order valence-corrected chi connectivity index (χ4v) is 2.31. The Hall–Kier alpha value is -1.83. The SMILES string of the molecule is Cc1cc2c(c(-c3ccc(F)cc3)c1)OCC2. The van der Waals surface area contributed by atoms with Crippen molar-refractivity contribution >= 4 is 0 Å². The fourth-order valence-electron chi connectivity index (χ4n) is 2.31. The molecule has 86 valence electrons. The van der Waals surface area contributed by atoms with Crippen molar-refractivity contribution in [3.05, 3.63) is 53.3 Å². The van der Waals surface area contributed by atoms with E-state index in [0.717, 1.165) is 29.9 Å². The summed E-state index contributed by atoms with van der Waals surface area (Å²) in [6.07, 6.45) is 0.964. The van der Waals surface area contributed by atoms with Crippen molar-refractivity contribution in [3.63, 3.8) is 0 Å². The highest BCUT2D eigenvalue weighted by Crippen LogP contribution is 2.37. The van der Waals surface area contributed by atoms with Crippen LogP contribution < -0.4 is 4.74 Å². The molecule has 0 aromatic heterocycles. The molecule has 0 unspecified atom stereocenters. The quantitative estimate of drug-likeness (QED) is 0.722. The number of aryl methyl sites for hydroxylation is 1. The Morgan fingerprint density at radius 3 is 2.65 bits per heavy atom. The zero-order chi connectivity index (χ0) is 11.8. The normalized spacial score (nSPS) is 13.3. The van der Waals surface area contributed by atoms with Crippen molar-refractivity contribution in [2.75, 3.05) is 6.61 Å². The zero-order valence-electron chi connectivity index (χ0n) is 9.66. The molecule has 3 rings (SSSR count). The first kappa shape index (κ1) is 10.3. The summed E-state index contributed by atoms with van der Waals surface area (Å²) < 4.78 is 18.6. The lowest BCUT2D eigenvalue weighted by molar-refractivity contribution is 0.358. The lowest BCUT2D eigenvalue weighted by Gasteiger charge is -2.09. The van der Waals surface area contributed by atoms with Crippen LogP contribution in [0.5, 0.6) is 5.75 Å². The van der Waals surface area contributed by atoms with Gasteiger partial charge in [-0.25, -0.2) is 4.39 Å². The van der Waals surface area contributed by atoms with Crippen LogP contribution in [0.1, 0.15) is 11.1 Å². The second-order valence-corrected chi connectivity index (χ2v) is 4.41. The first-order chi connectivity index (χ1) is 8.24. The van der Waals surface area contributed by atoms with Gasteiger partial charge in [-0.05, 0) is 41.8 Å². The summed E-state index contributed by atoms with van der Waals surface area (Å²) in [5.74, 6) is 0.751. The van der Waals surface area contributed by atoms with Crippen LogP contribution in [-0.2, 0) is 6.42 Å². The topological polar surface area (TPSA) is 9.23 Å². The predicted molar refractivity (Wildman–Crippen MR) is 65.8 cm³/mol. The van der Waals surface area contributed by atoms with E-state index in [0.29, 0.717) is 0 Å². The first-order valence-corrected chi connectivity index (χ1v) is 5.76. The summed E-state index contributed by atoms with van der Waals surface area (Å²) in [6, 6.07) is 10.8. The van der Waals surface area contributed by atoms with Gasteiger partial charge < -0.3 is 4.74 Å². The van der Waals surface area contributed by atoms with Crippen LogP contribution in [0.25, 0.3) is 11.1 Å². The highest BCUT2D eigenvalue weighted by molar-refractivity contribution is 5.73. The van der Waals surface area contributed by atoms with Crippen molar-refractivity contribution < 1.29 is 9.13 Å². The van der Waals surface area contributed by atoms with Crippen LogP contribution in [0, 0.1) is 12.7 Å². The molecule has 0 amide bonds. The molecule has 17 heavy (non-hydrogen) atoms. The summed E-state index contributed by atoms with van der Waals surface area (Å²) >= 11 is 0. The lowest BCUT2D eigenvalue weighted by atomic mass is 9.98. The average molecular weight is 228 g/mol. The van der Waals surface area contributed by atoms with Gasteiger partial charge in [0, 0.05) is 12.0 Å². The minimum absolute atomic E-state index is 0.209. The van der Waals surface area contributed by atoms with E-state index in [1.54, 1.807) is 12.1 Å². The van der Waals surface area contributed by atoms with Gasteiger partial charge in [-0.3, -0.25) is 0 Å². The van der Waals surface area contributed by atoms with Gasteiger partial charge in [0.25, 0.3) is 0 Å². The van der Waals surface area contributed by atoms with Gasteiger partial charge in [-0.1, -0.05) is 18.2 Å². The van der Waals surface area contributed by atoms with E-state index < -0.39 is 0 Å². The Morgan fingerprint density at radius 2 is 1.88 bits per heavy atom. The number of hydrogen-bond donors (Lipinski definition) is 0. The molecular formula is C15H13FO. The van der Waals surface area contributed by atoms with Crippen LogP contribution in [0.4, 0.5) is 4.39 Å². The summed E-state index contributed by atoms with van der Waals surface area (Å²) in [5.41, 5.74) is 4.55. The highest BCUT2D eigenvalue weighted by atomic mass is 19.1. The monoisotopic (exact) mass is 228 g/mol. The average Bonchev–Trinajstić information content (AvgIpc) is 2.77. The molecular weight excluding hydrogens is 215 g/mol. The van der Waals surface area contributed by atoms with Gasteiger partial charge in [0.15, 0.2) is 0 Å². The number of halogens is 1. The number of fused-ring (bicyclic) bond motifs is 1. The molecule has 2 aromatic carbocycles. The van der Waals surface area contributed by atoms with Crippen LogP contribution in [0.3, 0.4) is 0 Å². The Kier molecular flexibility index (Phi) is 2.36. The highest BCUT2D eigenvalue weighted by Gasteiger charge is 2.17. The Balaban J connectivity index is 2.17. The first-order valence-electron chi connectivity index (χ1n) is 5.76. The van der Waals surface area contributed by atoms with Gasteiger partial charge >= 0.3 is 0 Å². The molecule has 0 saturated carbocycles. The molecule has 0 spiro atoms. The largest absolute Gasteiger partial charge is 0.492 e.